The Morgan fingerprint density at radius 2 is 2.00 bits per heavy atom. The van der Waals surface area contributed by atoms with Crippen molar-refractivity contribution in [3.05, 3.63) is 24.3 Å². The predicted molar refractivity (Wildman–Crippen MR) is 65.9 cm³/mol. The Morgan fingerprint density at radius 3 is 2.61 bits per heavy atom. The highest BCUT2D eigenvalue weighted by Crippen LogP contribution is 2.25. The van der Waals surface area contributed by atoms with E-state index in [-0.39, 0.29) is 23.8 Å². The van der Waals surface area contributed by atoms with Crippen molar-refractivity contribution in [1.29, 1.82) is 0 Å². The number of nitrogens with one attached hydrogen (secondary N) is 1. The van der Waals surface area contributed by atoms with Gasteiger partial charge in [-0.1, -0.05) is 19.1 Å². The fourth-order valence-corrected chi connectivity index (χ4v) is 2.00. The summed E-state index contributed by atoms with van der Waals surface area (Å²) < 4.78 is 51.1. The molecule has 0 fully saturated rings. The van der Waals surface area contributed by atoms with Crippen LogP contribution in [-0.4, -0.2) is 33.1 Å². The number of hydrogen-bond acceptors (Lipinski definition) is 4. The summed E-state index contributed by atoms with van der Waals surface area (Å²) in [5.41, 5.74) is 0.351. The van der Waals surface area contributed by atoms with E-state index in [4.69, 9.17) is 0 Å². The van der Waals surface area contributed by atoms with Crippen molar-refractivity contribution < 1.29 is 21.9 Å². The molecule has 18 heavy (non-hydrogen) atoms. The average Bonchev–Trinajstić information content (AvgIpc) is 2.30. The zero-order valence-electron chi connectivity index (χ0n) is 9.90. The molecule has 7 heteroatoms. The minimum Gasteiger partial charge on any atom is -0.433 e. The van der Waals surface area contributed by atoms with Gasteiger partial charge in [0.25, 0.3) is 0 Å². The van der Waals surface area contributed by atoms with Crippen LogP contribution in [0.5, 0.6) is 5.75 Å². The smallest absolute Gasteiger partial charge is 0.387 e. The van der Waals surface area contributed by atoms with Gasteiger partial charge < -0.3 is 10.1 Å². The molecule has 0 heterocycles. The second kappa shape index (κ2) is 6.53. The lowest BCUT2D eigenvalue weighted by atomic mass is 10.3. The average molecular weight is 279 g/mol. The molecular weight excluding hydrogens is 264 g/mol. The summed E-state index contributed by atoms with van der Waals surface area (Å²) in [6.45, 7) is -1.20. The number of anilines is 1. The van der Waals surface area contributed by atoms with E-state index < -0.39 is 16.4 Å². The molecule has 1 N–H and O–H groups in total. The molecule has 0 unspecified atom stereocenters. The van der Waals surface area contributed by atoms with Crippen LogP contribution in [0.25, 0.3) is 0 Å². The molecule has 0 amide bonds. The minimum absolute atomic E-state index is 0.00129. The molecule has 4 nitrogen and oxygen atoms in total. The summed E-state index contributed by atoms with van der Waals surface area (Å²) in [4.78, 5) is 0. The Hall–Kier alpha value is -1.37. The normalized spacial score (nSPS) is 11.6. The van der Waals surface area contributed by atoms with Gasteiger partial charge in [-0.05, 0) is 12.1 Å². The number of para-hydroxylation sites is 2. The van der Waals surface area contributed by atoms with Crippen LogP contribution in [0.3, 0.4) is 0 Å². The molecule has 0 aliphatic heterocycles. The highest BCUT2D eigenvalue weighted by Gasteiger charge is 2.10. The van der Waals surface area contributed by atoms with E-state index in [1.54, 1.807) is 25.1 Å². The van der Waals surface area contributed by atoms with Crippen molar-refractivity contribution in [1.82, 2.24) is 0 Å². The van der Waals surface area contributed by atoms with Crippen molar-refractivity contribution in [3.8, 4) is 5.75 Å². The molecule has 0 radical (unpaired) electrons. The van der Waals surface area contributed by atoms with Gasteiger partial charge in [-0.25, -0.2) is 8.42 Å². The summed E-state index contributed by atoms with van der Waals surface area (Å²) in [6.07, 6.45) is 0. The molecular formula is C11H15F2NO3S. The Labute approximate surface area is 105 Å². The molecule has 0 aliphatic rings. The van der Waals surface area contributed by atoms with E-state index >= 15 is 0 Å². The van der Waals surface area contributed by atoms with Crippen LogP contribution in [-0.2, 0) is 9.84 Å². The van der Waals surface area contributed by atoms with Crippen molar-refractivity contribution in [2.45, 2.75) is 13.5 Å². The van der Waals surface area contributed by atoms with E-state index in [0.29, 0.717) is 5.69 Å². The number of rotatable bonds is 7. The molecule has 0 aliphatic carbocycles. The van der Waals surface area contributed by atoms with Crippen molar-refractivity contribution in [3.63, 3.8) is 0 Å². The first-order valence-corrected chi connectivity index (χ1v) is 7.25. The number of ether oxygens (including phenoxy) is 1. The van der Waals surface area contributed by atoms with Gasteiger partial charge in [0.1, 0.15) is 5.75 Å². The fourth-order valence-electron chi connectivity index (χ4n) is 1.30. The second-order valence-electron chi connectivity index (χ2n) is 3.54. The standard InChI is InChI=1S/C11H15F2NO3S/c1-2-18(15,16)8-7-14-9-5-3-4-6-10(9)17-11(12)13/h3-6,11,14H,2,7-8H2,1H3. The Bertz CT molecular complexity index is 477. The van der Waals surface area contributed by atoms with Crippen LogP contribution in [0.15, 0.2) is 24.3 Å². The molecule has 0 saturated carbocycles. The zero-order valence-corrected chi connectivity index (χ0v) is 10.7. The van der Waals surface area contributed by atoms with Gasteiger partial charge in [-0.2, -0.15) is 8.78 Å². The first kappa shape index (κ1) is 14.7. The molecule has 0 bridgehead atoms. The molecule has 1 aromatic carbocycles. The Balaban J connectivity index is 2.62. The van der Waals surface area contributed by atoms with Crippen LogP contribution in [0.4, 0.5) is 14.5 Å². The summed E-state index contributed by atoms with van der Waals surface area (Å²) in [6, 6.07) is 6.15. The third-order valence-corrected chi connectivity index (χ3v) is 3.98. The van der Waals surface area contributed by atoms with E-state index in [0.717, 1.165) is 0 Å². The third kappa shape index (κ3) is 4.87. The largest absolute Gasteiger partial charge is 0.433 e. The maximum Gasteiger partial charge on any atom is 0.387 e. The molecule has 0 atom stereocenters. The highest BCUT2D eigenvalue weighted by atomic mass is 32.2. The van der Waals surface area contributed by atoms with E-state index in [1.165, 1.54) is 6.07 Å². The summed E-state index contributed by atoms with van der Waals surface area (Å²) in [5.74, 6) is 0.0116. The summed E-state index contributed by atoms with van der Waals surface area (Å²) in [5, 5.41) is 2.77. The fraction of sp³-hybridized carbons (Fsp3) is 0.455. The quantitative estimate of drug-likeness (QED) is 0.830. The van der Waals surface area contributed by atoms with Gasteiger partial charge >= 0.3 is 6.61 Å². The lowest BCUT2D eigenvalue weighted by Crippen LogP contribution is -2.17. The van der Waals surface area contributed by atoms with Crippen LogP contribution in [0, 0.1) is 0 Å². The lowest BCUT2D eigenvalue weighted by molar-refractivity contribution is -0.0493. The van der Waals surface area contributed by atoms with Crippen molar-refractivity contribution in [2.75, 3.05) is 23.4 Å². The molecule has 1 rings (SSSR count). The van der Waals surface area contributed by atoms with Crippen LogP contribution in [0.1, 0.15) is 6.92 Å². The lowest BCUT2D eigenvalue weighted by Gasteiger charge is -2.12. The van der Waals surface area contributed by atoms with Crippen LogP contribution < -0.4 is 10.1 Å². The number of halogens is 2. The monoisotopic (exact) mass is 279 g/mol. The molecule has 1 aromatic rings. The van der Waals surface area contributed by atoms with Gasteiger partial charge in [0.2, 0.25) is 0 Å². The second-order valence-corrected chi connectivity index (χ2v) is 6.01. The van der Waals surface area contributed by atoms with Crippen LogP contribution >= 0.6 is 0 Å². The van der Waals surface area contributed by atoms with Crippen LogP contribution in [0.2, 0.25) is 0 Å². The highest BCUT2D eigenvalue weighted by molar-refractivity contribution is 7.91. The van der Waals surface area contributed by atoms with E-state index in [9.17, 15) is 17.2 Å². The van der Waals surface area contributed by atoms with Gasteiger partial charge in [-0.15, -0.1) is 0 Å². The van der Waals surface area contributed by atoms with E-state index in [2.05, 4.69) is 10.1 Å². The Morgan fingerprint density at radius 1 is 1.33 bits per heavy atom. The molecule has 102 valence electrons. The number of hydrogen-bond donors (Lipinski definition) is 1. The number of sulfone groups is 1. The molecule has 0 saturated heterocycles. The van der Waals surface area contributed by atoms with Gasteiger partial charge in [0.15, 0.2) is 9.84 Å². The zero-order chi connectivity index (χ0) is 13.6. The number of benzene rings is 1. The van der Waals surface area contributed by atoms with Gasteiger partial charge in [0.05, 0.1) is 11.4 Å². The Kier molecular flexibility index (Phi) is 5.33. The predicted octanol–water partition coefficient (Wildman–Crippen LogP) is 2.13. The minimum atomic E-state index is -3.08. The number of alkyl halides is 2. The topological polar surface area (TPSA) is 55.4 Å². The first-order chi connectivity index (χ1) is 8.44. The maximum absolute atomic E-state index is 12.1. The third-order valence-electron chi connectivity index (χ3n) is 2.27. The summed E-state index contributed by atoms with van der Waals surface area (Å²) >= 11 is 0. The first-order valence-electron chi connectivity index (χ1n) is 5.42. The maximum atomic E-state index is 12.1. The summed E-state index contributed by atoms with van der Waals surface area (Å²) in [7, 11) is -3.08. The molecule has 0 spiro atoms. The van der Waals surface area contributed by atoms with Gasteiger partial charge in [0, 0.05) is 12.3 Å². The van der Waals surface area contributed by atoms with Crippen molar-refractivity contribution in [2.24, 2.45) is 0 Å². The van der Waals surface area contributed by atoms with Crippen molar-refractivity contribution >= 4 is 15.5 Å². The van der Waals surface area contributed by atoms with Gasteiger partial charge in [-0.3, -0.25) is 0 Å². The van der Waals surface area contributed by atoms with E-state index in [1.807, 2.05) is 0 Å². The SMILES string of the molecule is CCS(=O)(=O)CCNc1ccccc1OC(F)F. The molecule has 0 aromatic heterocycles.